The number of carbonyl (C=O) groups is 1. The molecule has 1 N–H and O–H groups in total. The van der Waals surface area contributed by atoms with Crippen LogP contribution in [-0.4, -0.2) is 26.7 Å². The van der Waals surface area contributed by atoms with Crippen molar-refractivity contribution in [3.8, 4) is 5.75 Å². The lowest BCUT2D eigenvalue weighted by Crippen LogP contribution is -2.44. The number of ether oxygens (including phenoxy) is 1. The molecule has 0 saturated carbocycles. The van der Waals surface area contributed by atoms with E-state index in [0.29, 0.717) is 12.4 Å². The van der Waals surface area contributed by atoms with Crippen molar-refractivity contribution in [1.29, 1.82) is 0 Å². The van der Waals surface area contributed by atoms with Crippen molar-refractivity contribution in [3.05, 3.63) is 90.0 Å². The van der Waals surface area contributed by atoms with Crippen molar-refractivity contribution in [3.63, 3.8) is 0 Å². The quantitative estimate of drug-likeness (QED) is 0.565. The molecule has 0 spiro atoms. The summed E-state index contributed by atoms with van der Waals surface area (Å²) in [7, 11) is -1.46. The minimum Gasteiger partial charge on any atom is -0.482 e. The molecule has 3 rings (SSSR count). The van der Waals surface area contributed by atoms with Gasteiger partial charge in [0.25, 0.3) is 9.04 Å². The zero-order chi connectivity index (χ0) is 21.6. The van der Waals surface area contributed by atoms with Gasteiger partial charge in [0.1, 0.15) is 5.75 Å². The largest absolute Gasteiger partial charge is 0.482 e. The molecule has 0 saturated heterocycles. The Labute approximate surface area is 179 Å². The Morgan fingerprint density at radius 2 is 1.47 bits per heavy atom. The highest BCUT2D eigenvalue weighted by atomic mass is 28.3. The first kappa shape index (κ1) is 21.8. The van der Waals surface area contributed by atoms with Crippen LogP contribution in [0.1, 0.15) is 31.9 Å². The SMILES string of the molecule is CC(C)(C)c1ccc(OCC(=O)O)c(CO[Si](c2ccccc2)c2ccccc2)c1. The number of carboxylic acid groups (broad SMARTS) is 1. The summed E-state index contributed by atoms with van der Waals surface area (Å²) < 4.78 is 12.0. The van der Waals surface area contributed by atoms with Crippen LogP contribution < -0.4 is 15.1 Å². The zero-order valence-electron chi connectivity index (χ0n) is 17.6. The summed E-state index contributed by atoms with van der Waals surface area (Å²) in [4.78, 5) is 11.0. The molecular weight excluding hydrogens is 392 g/mol. The fourth-order valence-corrected chi connectivity index (χ4v) is 5.06. The summed E-state index contributed by atoms with van der Waals surface area (Å²) in [5.74, 6) is -0.451. The molecule has 0 atom stereocenters. The number of hydrogen-bond acceptors (Lipinski definition) is 3. The van der Waals surface area contributed by atoms with Crippen molar-refractivity contribution in [2.24, 2.45) is 0 Å². The molecule has 0 bridgehead atoms. The van der Waals surface area contributed by atoms with E-state index in [0.717, 1.165) is 21.5 Å². The summed E-state index contributed by atoms with van der Waals surface area (Å²) in [6.45, 7) is 6.41. The van der Waals surface area contributed by atoms with E-state index in [1.807, 2.05) is 48.5 Å². The molecule has 0 aliphatic heterocycles. The standard InChI is InChI=1S/C25H27O4Si/c1-25(2,3)20-14-15-23(28-18-24(26)27)19(16-20)17-29-30(21-10-6-4-7-11-21)22-12-8-5-9-13-22/h4-16H,17-18H2,1-3H3,(H,26,27). The predicted molar refractivity (Wildman–Crippen MR) is 121 cm³/mol. The third-order valence-electron chi connectivity index (χ3n) is 4.72. The molecular formula is C25H27O4Si. The molecule has 0 aliphatic carbocycles. The molecule has 5 heteroatoms. The van der Waals surface area contributed by atoms with Gasteiger partial charge < -0.3 is 14.3 Å². The van der Waals surface area contributed by atoms with Crippen LogP contribution in [0, 0.1) is 0 Å². The zero-order valence-corrected chi connectivity index (χ0v) is 18.6. The lowest BCUT2D eigenvalue weighted by molar-refractivity contribution is -0.139. The Hall–Kier alpha value is -2.89. The van der Waals surface area contributed by atoms with E-state index in [2.05, 4.69) is 51.1 Å². The first-order chi connectivity index (χ1) is 14.3. The fraction of sp³-hybridized carbons (Fsp3) is 0.240. The van der Waals surface area contributed by atoms with Crippen LogP contribution in [-0.2, 0) is 21.2 Å². The topological polar surface area (TPSA) is 55.8 Å². The number of hydrogen-bond donors (Lipinski definition) is 1. The first-order valence-electron chi connectivity index (χ1n) is 9.93. The Balaban J connectivity index is 1.91. The molecule has 3 aromatic rings. The van der Waals surface area contributed by atoms with Crippen molar-refractivity contribution < 1.29 is 19.1 Å². The van der Waals surface area contributed by atoms with Crippen LogP contribution in [0.4, 0.5) is 0 Å². The van der Waals surface area contributed by atoms with Gasteiger partial charge in [-0.05, 0) is 33.5 Å². The molecule has 0 aromatic heterocycles. The Morgan fingerprint density at radius 3 is 1.97 bits per heavy atom. The number of carboxylic acids is 1. The molecule has 0 heterocycles. The maximum absolute atomic E-state index is 11.0. The van der Waals surface area contributed by atoms with Crippen LogP contribution in [0.5, 0.6) is 5.75 Å². The fourth-order valence-electron chi connectivity index (χ4n) is 3.10. The van der Waals surface area contributed by atoms with Gasteiger partial charge in [-0.1, -0.05) is 87.5 Å². The second-order valence-corrected chi connectivity index (χ2v) is 10.2. The van der Waals surface area contributed by atoms with Gasteiger partial charge in [-0.2, -0.15) is 0 Å². The summed E-state index contributed by atoms with van der Waals surface area (Å²) in [5, 5.41) is 11.3. The van der Waals surface area contributed by atoms with Crippen molar-refractivity contribution in [2.75, 3.05) is 6.61 Å². The molecule has 0 amide bonds. The lowest BCUT2D eigenvalue weighted by atomic mass is 9.86. The minimum absolute atomic E-state index is 0.0350. The van der Waals surface area contributed by atoms with Gasteiger partial charge in [0, 0.05) is 5.56 Å². The lowest BCUT2D eigenvalue weighted by Gasteiger charge is -2.22. The highest BCUT2D eigenvalue weighted by Gasteiger charge is 2.21. The van der Waals surface area contributed by atoms with Crippen LogP contribution >= 0.6 is 0 Å². The maximum Gasteiger partial charge on any atom is 0.341 e. The van der Waals surface area contributed by atoms with Gasteiger partial charge in [0.2, 0.25) is 0 Å². The van der Waals surface area contributed by atoms with Crippen LogP contribution in [0.2, 0.25) is 0 Å². The number of aliphatic carboxylic acids is 1. The molecule has 0 aliphatic rings. The van der Waals surface area contributed by atoms with Gasteiger partial charge in [-0.15, -0.1) is 0 Å². The van der Waals surface area contributed by atoms with E-state index < -0.39 is 15.0 Å². The number of rotatable bonds is 8. The summed E-state index contributed by atoms with van der Waals surface area (Å²) in [6, 6.07) is 26.3. The third kappa shape index (κ3) is 5.81. The highest BCUT2D eigenvalue weighted by Crippen LogP contribution is 2.28. The van der Waals surface area contributed by atoms with E-state index in [4.69, 9.17) is 14.3 Å². The normalized spacial score (nSPS) is 11.5. The van der Waals surface area contributed by atoms with Gasteiger partial charge in [0.05, 0.1) is 6.61 Å². The average molecular weight is 420 g/mol. The van der Waals surface area contributed by atoms with Crippen LogP contribution in [0.25, 0.3) is 0 Å². The van der Waals surface area contributed by atoms with Gasteiger partial charge >= 0.3 is 5.97 Å². The summed E-state index contributed by atoms with van der Waals surface area (Å²) in [5.41, 5.74) is 1.97. The third-order valence-corrected chi connectivity index (χ3v) is 6.87. The molecule has 1 radical (unpaired) electrons. The van der Waals surface area contributed by atoms with E-state index in [-0.39, 0.29) is 12.0 Å². The molecule has 155 valence electrons. The van der Waals surface area contributed by atoms with Gasteiger partial charge in [0.15, 0.2) is 6.61 Å². The second kappa shape index (κ2) is 9.74. The van der Waals surface area contributed by atoms with E-state index >= 15 is 0 Å². The van der Waals surface area contributed by atoms with Crippen molar-refractivity contribution >= 4 is 25.4 Å². The first-order valence-corrected chi connectivity index (χ1v) is 11.3. The van der Waals surface area contributed by atoms with E-state index in [1.54, 1.807) is 0 Å². The van der Waals surface area contributed by atoms with Crippen molar-refractivity contribution in [2.45, 2.75) is 32.8 Å². The van der Waals surface area contributed by atoms with Gasteiger partial charge in [-0.25, -0.2) is 4.79 Å². The predicted octanol–water partition coefficient (Wildman–Crippen LogP) is 3.77. The smallest absolute Gasteiger partial charge is 0.341 e. The van der Waals surface area contributed by atoms with E-state index in [1.165, 1.54) is 0 Å². The highest BCUT2D eigenvalue weighted by molar-refractivity contribution is 6.80. The monoisotopic (exact) mass is 419 g/mol. The molecule has 0 unspecified atom stereocenters. The molecule has 4 nitrogen and oxygen atoms in total. The second-order valence-electron chi connectivity index (χ2n) is 8.10. The van der Waals surface area contributed by atoms with E-state index in [9.17, 15) is 4.79 Å². The Morgan fingerprint density at radius 1 is 0.900 bits per heavy atom. The number of benzene rings is 3. The summed E-state index contributed by atoms with van der Waals surface area (Å²) >= 11 is 0. The van der Waals surface area contributed by atoms with Crippen LogP contribution in [0.3, 0.4) is 0 Å². The van der Waals surface area contributed by atoms with Crippen LogP contribution in [0.15, 0.2) is 78.9 Å². The summed E-state index contributed by atoms with van der Waals surface area (Å²) in [6.07, 6.45) is 0. The molecule has 0 fully saturated rings. The molecule has 30 heavy (non-hydrogen) atoms. The van der Waals surface area contributed by atoms with Crippen molar-refractivity contribution in [1.82, 2.24) is 0 Å². The average Bonchev–Trinajstić information content (AvgIpc) is 2.73. The Bertz CT molecular complexity index is 926. The minimum atomic E-state index is -1.46. The maximum atomic E-state index is 11.0. The molecule has 3 aromatic carbocycles. The Kier molecular flexibility index (Phi) is 7.08. The van der Waals surface area contributed by atoms with Gasteiger partial charge in [-0.3, -0.25) is 0 Å².